The number of hydrogen-bond donors (Lipinski definition) is 2. The lowest BCUT2D eigenvalue weighted by atomic mass is 10.0. The Hall–Kier alpha value is -3.35. The second-order valence-corrected chi connectivity index (χ2v) is 10.5. The number of hydrogen-bond acceptors (Lipinski definition) is 4. The minimum atomic E-state index is -0.864. The third-order valence-electron chi connectivity index (χ3n) is 6.10. The number of aryl methyl sites for hydroxylation is 2. The summed E-state index contributed by atoms with van der Waals surface area (Å²) in [5.41, 5.74) is 2.73. The molecule has 2 N–H and O–H groups in total. The van der Waals surface area contributed by atoms with Crippen molar-refractivity contribution in [1.82, 2.24) is 10.2 Å². The number of nitrogens with zero attached hydrogens (tertiary/aromatic N) is 1. The van der Waals surface area contributed by atoms with E-state index in [1.54, 1.807) is 32.6 Å². The highest BCUT2D eigenvalue weighted by atomic mass is 16.6. The standard InChI is InChI=1S/C28H37N3O4/c1-17-12-14-21(15-13-17)24(25(32)30-22-11-9-8-10-18(22)2)31(23-16-19(23)3)26(33)20(4)29-27(34)35-28(5,6)7/h8-15,19-20,23-24H,16H2,1-7H3,(H,29,34)(H,30,32). The largest absolute Gasteiger partial charge is 0.444 e. The normalized spacial score (nSPS) is 18.7. The number of carbonyl (C=O) groups is 3. The zero-order valence-corrected chi connectivity index (χ0v) is 21.7. The maximum absolute atomic E-state index is 13.8. The van der Waals surface area contributed by atoms with Crippen molar-refractivity contribution < 1.29 is 19.1 Å². The summed E-state index contributed by atoms with van der Waals surface area (Å²) < 4.78 is 5.33. The Balaban J connectivity index is 1.94. The molecule has 4 atom stereocenters. The van der Waals surface area contributed by atoms with Crippen molar-refractivity contribution in [3.8, 4) is 0 Å². The quantitative estimate of drug-likeness (QED) is 0.576. The van der Waals surface area contributed by atoms with Gasteiger partial charge in [-0.25, -0.2) is 4.79 Å². The van der Waals surface area contributed by atoms with Crippen LogP contribution in [-0.2, 0) is 14.3 Å². The van der Waals surface area contributed by atoms with Crippen LogP contribution in [0.15, 0.2) is 48.5 Å². The molecule has 4 unspecified atom stereocenters. The molecule has 0 heterocycles. The number of benzene rings is 2. The fraction of sp³-hybridized carbons (Fsp3) is 0.464. The smallest absolute Gasteiger partial charge is 0.408 e. The molecular formula is C28H37N3O4. The average Bonchev–Trinajstić information content (AvgIpc) is 3.48. The van der Waals surface area contributed by atoms with E-state index in [0.29, 0.717) is 5.69 Å². The summed E-state index contributed by atoms with van der Waals surface area (Å²) in [5.74, 6) is -0.359. The Labute approximate surface area is 208 Å². The molecule has 1 saturated carbocycles. The molecule has 0 radical (unpaired) electrons. The van der Waals surface area contributed by atoms with Crippen molar-refractivity contribution in [2.45, 2.75) is 78.6 Å². The predicted molar refractivity (Wildman–Crippen MR) is 137 cm³/mol. The van der Waals surface area contributed by atoms with E-state index >= 15 is 0 Å². The number of rotatable bonds is 7. The van der Waals surface area contributed by atoms with Gasteiger partial charge in [-0.05, 0) is 71.1 Å². The van der Waals surface area contributed by atoms with Crippen LogP contribution in [0.1, 0.15) is 63.8 Å². The number of amides is 3. The van der Waals surface area contributed by atoms with E-state index in [9.17, 15) is 14.4 Å². The Morgan fingerprint density at radius 1 is 1.03 bits per heavy atom. The molecule has 1 fully saturated rings. The number of nitrogens with one attached hydrogen (secondary N) is 2. The molecule has 0 aromatic heterocycles. The first-order chi connectivity index (χ1) is 16.4. The van der Waals surface area contributed by atoms with Gasteiger partial charge in [0.15, 0.2) is 0 Å². The molecule has 2 aromatic carbocycles. The summed E-state index contributed by atoms with van der Waals surface area (Å²) in [6, 6.07) is 13.4. The van der Waals surface area contributed by atoms with Crippen molar-refractivity contribution in [3.05, 3.63) is 65.2 Å². The van der Waals surface area contributed by atoms with Gasteiger partial charge in [0.05, 0.1) is 0 Å². The van der Waals surface area contributed by atoms with Crippen LogP contribution in [-0.4, -0.2) is 40.5 Å². The van der Waals surface area contributed by atoms with Crippen LogP contribution in [0.4, 0.5) is 10.5 Å². The first-order valence-electron chi connectivity index (χ1n) is 12.1. The summed E-state index contributed by atoms with van der Waals surface area (Å²) in [4.78, 5) is 41.5. The molecule has 188 valence electrons. The Bertz CT molecular complexity index is 1070. The van der Waals surface area contributed by atoms with E-state index in [2.05, 4.69) is 17.6 Å². The van der Waals surface area contributed by atoms with E-state index in [1.807, 2.05) is 62.4 Å². The molecule has 1 aliphatic carbocycles. The van der Waals surface area contributed by atoms with Crippen LogP contribution in [0.2, 0.25) is 0 Å². The van der Waals surface area contributed by atoms with Gasteiger partial charge in [0.1, 0.15) is 17.7 Å². The SMILES string of the molecule is Cc1ccc(C(C(=O)Nc2ccccc2C)N(C(=O)C(C)NC(=O)OC(C)(C)C)C2CC2C)cc1. The Kier molecular flexibility index (Phi) is 7.88. The van der Waals surface area contributed by atoms with E-state index in [-0.39, 0.29) is 23.8 Å². The van der Waals surface area contributed by atoms with Gasteiger partial charge in [-0.1, -0.05) is 55.0 Å². The topological polar surface area (TPSA) is 87.7 Å². The lowest BCUT2D eigenvalue weighted by molar-refractivity contribution is -0.141. The first-order valence-corrected chi connectivity index (χ1v) is 12.1. The molecule has 0 spiro atoms. The number of ether oxygens (including phenoxy) is 1. The lowest BCUT2D eigenvalue weighted by Gasteiger charge is -2.34. The van der Waals surface area contributed by atoms with Crippen LogP contribution in [0.3, 0.4) is 0 Å². The highest BCUT2D eigenvalue weighted by Gasteiger charge is 2.47. The predicted octanol–water partition coefficient (Wildman–Crippen LogP) is 5.13. The first kappa shape index (κ1) is 26.3. The number of anilines is 1. The second-order valence-electron chi connectivity index (χ2n) is 10.5. The summed E-state index contributed by atoms with van der Waals surface area (Å²) >= 11 is 0. The third-order valence-corrected chi connectivity index (χ3v) is 6.10. The molecule has 3 rings (SSSR count). The minimum Gasteiger partial charge on any atom is -0.444 e. The highest BCUT2D eigenvalue weighted by Crippen LogP contribution is 2.41. The Morgan fingerprint density at radius 3 is 2.17 bits per heavy atom. The maximum atomic E-state index is 13.8. The van der Waals surface area contributed by atoms with Crippen LogP contribution in [0, 0.1) is 19.8 Å². The van der Waals surface area contributed by atoms with E-state index in [1.165, 1.54) is 0 Å². The second kappa shape index (κ2) is 10.5. The molecule has 35 heavy (non-hydrogen) atoms. The monoisotopic (exact) mass is 479 g/mol. The molecule has 7 heteroatoms. The van der Waals surface area contributed by atoms with Gasteiger partial charge in [0.25, 0.3) is 5.91 Å². The summed E-state index contributed by atoms with van der Waals surface area (Å²) in [6.07, 6.45) is 0.128. The van der Waals surface area contributed by atoms with Gasteiger partial charge in [0, 0.05) is 11.7 Å². The van der Waals surface area contributed by atoms with Crippen molar-refractivity contribution >= 4 is 23.6 Å². The number of alkyl carbamates (subject to hydrolysis) is 1. The molecule has 1 aliphatic rings. The van der Waals surface area contributed by atoms with Crippen LogP contribution < -0.4 is 10.6 Å². The Morgan fingerprint density at radius 2 is 1.63 bits per heavy atom. The van der Waals surface area contributed by atoms with E-state index < -0.39 is 23.8 Å². The van der Waals surface area contributed by atoms with Crippen LogP contribution in [0.25, 0.3) is 0 Å². The van der Waals surface area contributed by atoms with Gasteiger partial charge < -0.3 is 20.3 Å². The number of carbonyl (C=O) groups excluding carboxylic acids is 3. The van der Waals surface area contributed by atoms with Crippen molar-refractivity contribution in [3.63, 3.8) is 0 Å². The zero-order valence-electron chi connectivity index (χ0n) is 21.7. The molecule has 0 bridgehead atoms. The van der Waals surface area contributed by atoms with Crippen molar-refractivity contribution in [2.24, 2.45) is 5.92 Å². The summed E-state index contributed by atoms with van der Waals surface area (Å²) in [6.45, 7) is 12.9. The fourth-order valence-electron chi connectivity index (χ4n) is 4.04. The minimum absolute atomic E-state index is 0.0979. The lowest BCUT2D eigenvalue weighted by Crippen LogP contribution is -2.52. The molecule has 0 saturated heterocycles. The highest BCUT2D eigenvalue weighted by molar-refractivity contribution is 5.99. The molecule has 0 aliphatic heterocycles. The van der Waals surface area contributed by atoms with Crippen LogP contribution >= 0.6 is 0 Å². The van der Waals surface area contributed by atoms with Gasteiger partial charge in [0.2, 0.25) is 5.91 Å². The fourth-order valence-corrected chi connectivity index (χ4v) is 4.04. The van der Waals surface area contributed by atoms with E-state index in [0.717, 1.165) is 23.1 Å². The van der Waals surface area contributed by atoms with Crippen molar-refractivity contribution in [2.75, 3.05) is 5.32 Å². The maximum Gasteiger partial charge on any atom is 0.408 e. The van der Waals surface area contributed by atoms with Gasteiger partial charge in [-0.3, -0.25) is 9.59 Å². The molecule has 2 aromatic rings. The van der Waals surface area contributed by atoms with E-state index in [4.69, 9.17) is 4.74 Å². The number of para-hydroxylation sites is 1. The zero-order chi connectivity index (χ0) is 25.9. The molecule has 7 nitrogen and oxygen atoms in total. The molecular weight excluding hydrogens is 442 g/mol. The third kappa shape index (κ3) is 6.84. The molecule has 3 amide bonds. The van der Waals surface area contributed by atoms with Gasteiger partial charge in [-0.2, -0.15) is 0 Å². The summed E-state index contributed by atoms with van der Waals surface area (Å²) in [7, 11) is 0. The van der Waals surface area contributed by atoms with Crippen molar-refractivity contribution in [1.29, 1.82) is 0 Å². The average molecular weight is 480 g/mol. The summed E-state index contributed by atoms with van der Waals surface area (Å²) in [5, 5.41) is 5.67. The van der Waals surface area contributed by atoms with Gasteiger partial charge >= 0.3 is 6.09 Å². The van der Waals surface area contributed by atoms with Gasteiger partial charge in [-0.15, -0.1) is 0 Å². The van der Waals surface area contributed by atoms with Crippen LogP contribution in [0.5, 0.6) is 0 Å².